The monoisotopic (exact) mass is 474 g/mol. The van der Waals surface area contributed by atoms with E-state index < -0.39 is 15.4 Å². The van der Waals surface area contributed by atoms with Crippen molar-refractivity contribution in [1.29, 1.82) is 0 Å². The zero-order valence-corrected chi connectivity index (χ0v) is 21.0. The third kappa shape index (κ3) is 5.82. The van der Waals surface area contributed by atoms with Gasteiger partial charge in [0.15, 0.2) is 0 Å². The summed E-state index contributed by atoms with van der Waals surface area (Å²) in [7, 11) is -3.59. The zero-order valence-electron chi connectivity index (χ0n) is 20.2. The normalized spacial score (nSPS) is 16.5. The number of sulfonamides is 1. The molecule has 3 rings (SSSR count). The van der Waals surface area contributed by atoms with Crippen LogP contribution in [0.5, 0.6) is 0 Å². The van der Waals surface area contributed by atoms with E-state index in [4.69, 9.17) is 0 Å². The molecule has 1 heterocycles. The van der Waals surface area contributed by atoms with Crippen LogP contribution in [-0.4, -0.2) is 38.3 Å². The molecule has 0 bridgehead atoms. The first-order valence-electron chi connectivity index (χ1n) is 11.5. The molecule has 1 fully saturated rings. The van der Waals surface area contributed by atoms with Gasteiger partial charge in [-0.2, -0.15) is 4.31 Å². The first-order chi connectivity index (χ1) is 15.3. The van der Waals surface area contributed by atoms with Crippen molar-refractivity contribution in [3.05, 3.63) is 65.5 Å². The highest BCUT2D eigenvalue weighted by molar-refractivity contribution is 7.89. The molecule has 0 spiro atoms. The fraction of sp³-hybridized carbons (Fsp3) is 0.500. The number of nitrogens with zero attached hydrogens (tertiary/aromatic N) is 1. The van der Waals surface area contributed by atoms with E-state index in [2.05, 4.69) is 26.1 Å². The van der Waals surface area contributed by atoms with Crippen LogP contribution in [-0.2, 0) is 25.6 Å². The summed E-state index contributed by atoms with van der Waals surface area (Å²) in [6.45, 7) is 11.0. The van der Waals surface area contributed by atoms with Crippen molar-refractivity contribution in [3.63, 3.8) is 0 Å². The van der Waals surface area contributed by atoms with Crippen LogP contribution in [0.25, 0.3) is 0 Å². The highest BCUT2D eigenvalue weighted by Crippen LogP contribution is 2.28. The maximum absolute atomic E-state index is 14.2. The van der Waals surface area contributed by atoms with E-state index in [-0.39, 0.29) is 28.0 Å². The maximum Gasteiger partial charge on any atom is 0.243 e. The number of carbonyl (C=O) groups excluding carboxylic acids is 1. The third-order valence-corrected chi connectivity index (χ3v) is 8.40. The molecular formula is C26H35FN2O3S. The van der Waals surface area contributed by atoms with Gasteiger partial charge in [-0.3, -0.25) is 4.79 Å². The molecule has 0 unspecified atom stereocenters. The summed E-state index contributed by atoms with van der Waals surface area (Å²) in [6.07, 6.45) is 0.927. The van der Waals surface area contributed by atoms with Gasteiger partial charge < -0.3 is 5.32 Å². The van der Waals surface area contributed by atoms with E-state index in [0.29, 0.717) is 38.0 Å². The van der Waals surface area contributed by atoms with Crippen molar-refractivity contribution in [1.82, 2.24) is 9.62 Å². The summed E-state index contributed by atoms with van der Waals surface area (Å²) < 4.78 is 41.7. The topological polar surface area (TPSA) is 66.5 Å². The van der Waals surface area contributed by atoms with Crippen molar-refractivity contribution in [3.8, 4) is 0 Å². The summed E-state index contributed by atoms with van der Waals surface area (Å²) in [5, 5.41) is 2.95. The molecule has 7 heteroatoms. The van der Waals surface area contributed by atoms with Gasteiger partial charge in [0.25, 0.3) is 0 Å². The fourth-order valence-corrected chi connectivity index (χ4v) is 5.66. The summed E-state index contributed by atoms with van der Waals surface area (Å²) in [6, 6.07) is 13.7. The Morgan fingerprint density at radius 1 is 1.00 bits per heavy atom. The predicted octanol–water partition coefficient (Wildman–Crippen LogP) is 4.62. The number of nitrogens with one attached hydrogen (secondary N) is 1. The minimum absolute atomic E-state index is 0.0468. The van der Waals surface area contributed by atoms with Crippen molar-refractivity contribution < 1.29 is 17.6 Å². The van der Waals surface area contributed by atoms with Crippen molar-refractivity contribution >= 4 is 15.9 Å². The van der Waals surface area contributed by atoms with Gasteiger partial charge in [0.1, 0.15) is 5.82 Å². The number of halogens is 1. The first kappa shape index (κ1) is 25.4. The van der Waals surface area contributed by atoms with Crippen molar-refractivity contribution in [2.24, 2.45) is 5.92 Å². The molecule has 180 valence electrons. The van der Waals surface area contributed by atoms with Gasteiger partial charge in [-0.15, -0.1) is 0 Å². The molecule has 1 aliphatic rings. The number of hydrogen-bond acceptors (Lipinski definition) is 3. The van der Waals surface area contributed by atoms with Crippen LogP contribution < -0.4 is 5.32 Å². The lowest BCUT2D eigenvalue weighted by atomic mass is 9.84. The minimum Gasteiger partial charge on any atom is -0.355 e. The predicted molar refractivity (Wildman–Crippen MR) is 129 cm³/mol. The first-order valence-corrected chi connectivity index (χ1v) is 12.9. The van der Waals surface area contributed by atoms with Crippen LogP contribution in [0, 0.1) is 11.7 Å². The molecule has 0 saturated carbocycles. The molecule has 0 aromatic heterocycles. The lowest BCUT2D eigenvalue weighted by Crippen LogP contribution is -2.45. The van der Waals surface area contributed by atoms with Gasteiger partial charge in [-0.25, -0.2) is 12.8 Å². The fourth-order valence-electron chi connectivity index (χ4n) is 4.19. The number of hydrogen-bond donors (Lipinski definition) is 1. The number of rotatable bonds is 6. The summed E-state index contributed by atoms with van der Waals surface area (Å²) >= 11 is 0. The van der Waals surface area contributed by atoms with Gasteiger partial charge in [0, 0.05) is 31.0 Å². The summed E-state index contributed by atoms with van der Waals surface area (Å²) in [5.41, 5.74) is 1.04. The lowest BCUT2D eigenvalue weighted by molar-refractivity contribution is -0.126. The second-order valence-electron chi connectivity index (χ2n) is 10.5. The van der Waals surface area contributed by atoms with Crippen LogP contribution in [0.15, 0.2) is 53.4 Å². The minimum atomic E-state index is -3.59. The van der Waals surface area contributed by atoms with Crippen LogP contribution in [0.1, 0.15) is 58.6 Å². The quantitative estimate of drug-likeness (QED) is 0.665. The summed E-state index contributed by atoms with van der Waals surface area (Å²) in [4.78, 5) is 13.0. The number of amides is 1. The van der Waals surface area contributed by atoms with Gasteiger partial charge in [-0.1, -0.05) is 65.0 Å². The third-order valence-electron chi connectivity index (χ3n) is 6.49. The van der Waals surface area contributed by atoms with Gasteiger partial charge in [-0.05, 0) is 47.6 Å². The molecule has 0 radical (unpaired) electrons. The van der Waals surface area contributed by atoms with Gasteiger partial charge in [0.2, 0.25) is 15.9 Å². The Morgan fingerprint density at radius 3 is 2.12 bits per heavy atom. The molecule has 1 amide bonds. The number of benzene rings is 2. The molecule has 0 atom stereocenters. The molecule has 33 heavy (non-hydrogen) atoms. The lowest BCUT2D eigenvalue weighted by Gasteiger charge is -2.32. The van der Waals surface area contributed by atoms with Crippen LogP contribution in [0.2, 0.25) is 0 Å². The highest BCUT2D eigenvalue weighted by atomic mass is 32.2. The molecule has 2 aromatic rings. The van der Waals surface area contributed by atoms with E-state index >= 15 is 0 Å². The van der Waals surface area contributed by atoms with Gasteiger partial charge >= 0.3 is 0 Å². The molecule has 0 aliphatic carbocycles. The molecule has 2 aromatic carbocycles. The summed E-state index contributed by atoms with van der Waals surface area (Å²) in [5.74, 6) is -0.645. The Hall–Kier alpha value is -2.25. The number of carbonyl (C=O) groups is 1. The standard InChI is InChI=1S/C26H35FN2O3S/c1-25(2,3)20-10-12-21(13-11-20)33(31,32)29-16-14-19(15-17-29)24(30)28-18-26(4,5)22-8-6-7-9-23(22)27/h6-13,19H,14-18H2,1-5H3,(H,28,30). The second kappa shape index (κ2) is 9.55. The SMILES string of the molecule is CC(C)(C)c1ccc(S(=O)(=O)N2CCC(C(=O)NCC(C)(C)c3ccccc3F)CC2)cc1. The van der Waals surface area contributed by atoms with E-state index in [9.17, 15) is 17.6 Å². The smallest absolute Gasteiger partial charge is 0.243 e. The molecule has 5 nitrogen and oxygen atoms in total. The Morgan fingerprint density at radius 2 is 1.58 bits per heavy atom. The second-order valence-corrected chi connectivity index (χ2v) is 12.5. The van der Waals surface area contributed by atoms with Crippen molar-refractivity contribution in [2.45, 2.75) is 63.2 Å². The maximum atomic E-state index is 14.2. The zero-order chi connectivity index (χ0) is 24.4. The molecular weight excluding hydrogens is 439 g/mol. The Kier molecular flexibility index (Phi) is 7.34. The molecule has 1 aliphatic heterocycles. The van der Waals surface area contributed by atoms with E-state index in [0.717, 1.165) is 5.56 Å². The largest absolute Gasteiger partial charge is 0.355 e. The van der Waals surface area contributed by atoms with Gasteiger partial charge in [0.05, 0.1) is 4.90 Å². The average molecular weight is 475 g/mol. The Balaban J connectivity index is 1.57. The molecule has 1 saturated heterocycles. The number of piperidine rings is 1. The molecule has 1 N–H and O–H groups in total. The van der Waals surface area contributed by atoms with Crippen molar-refractivity contribution in [2.75, 3.05) is 19.6 Å². The Labute approximate surface area is 197 Å². The average Bonchev–Trinajstić information content (AvgIpc) is 2.77. The van der Waals surface area contributed by atoms with Crippen LogP contribution >= 0.6 is 0 Å². The van der Waals surface area contributed by atoms with Crippen LogP contribution in [0.3, 0.4) is 0 Å². The van der Waals surface area contributed by atoms with Crippen LogP contribution in [0.4, 0.5) is 4.39 Å². The van der Waals surface area contributed by atoms with E-state index in [1.54, 1.807) is 30.3 Å². The van der Waals surface area contributed by atoms with E-state index in [1.165, 1.54) is 10.4 Å². The highest BCUT2D eigenvalue weighted by Gasteiger charge is 2.33. The van der Waals surface area contributed by atoms with E-state index in [1.807, 2.05) is 26.0 Å². The Bertz CT molecular complexity index is 1080.